The molecule has 0 bridgehead atoms. The molecule has 0 aromatic carbocycles. The van der Waals surface area contributed by atoms with E-state index in [9.17, 15) is 4.79 Å². The second kappa shape index (κ2) is 5.32. The SMILES string of the molecule is CNC1C(=O)N(CC2CCC3CC32)C2CCCC2c2ccsc21. The van der Waals surface area contributed by atoms with Gasteiger partial charge in [-0.2, -0.15) is 0 Å². The minimum Gasteiger partial charge on any atom is -0.337 e. The largest absolute Gasteiger partial charge is 0.337 e. The van der Waals surface area contributed by atoms with Crippen molar-refractivity contribution in [2.24, 2.45) is 17.8 Å². The maximum atomic E-state index is 13.4. The van der Waals surface area contributed by atoms with Gasteiger partial charge in [-0.05, 0) is 73.9 Å². The summed E-state index contributed by atoms with van der Waals surface area (Å²) in [6, 6.07) is 2.62. The van der Waals surface area contributed by atoms with Crippen molar-refractivity contribution in [1.82, 2.24) is 10.2 Å². The van der Waals surface area contributed by atoms with Crippen LogP contribution < -0.4 is 5.32 Å². The van der Waals surface area contributed by atoms with E-state index in [-0.39, 0.29) is 6.04 Å². The molecule has 2 heterocycles. The second-order valence-electron chi connectivity index (χ2n) is 8.05. The average Bonchev–Trinajstić information content (AvgIpc) is 2.95. The molecule has 3 saturated carbocycles. The molecule has 0 spiro atoms. The summed E-state index contributed by atoms with van der Waals surface area (Å²) in [7, 11) is 1.94. The third kappa shape index (κ3) is 2.14. The molecule has 3 nitrogen and oxygen atoms in total. The number of hydrogen-bond acceptors (Lipinski definition) is 3. The van der Waals surface area contributed by atoms with Gasteiger partial charge in [0.2, 0.25) is 5.91 Å². The first-order valence-electron chi connectivity index (χ1n) is 9.33. The van der Waals surface area contributed by atoms with Gasteiger partial charge in [0, 0.05) is 23.4 Å². The van der Waals surface area contributed by atoms with Crippen molar-refractivity contribution in [3.63, 3.8) is 0 Å². The van der Waals surface area contributed by atoms with Gasteiger partial charge in [0.05, 0.1) is 0 Å². The van der Waals surface area contributed by atoms with Gasteiger partial charge in [0.25, 0.3) is 0 Å². The van der Waals surface area contributed by atoms with Crippen molar-refractivity contribution in [3.05, 3.63) is 21.9 Å². The Morgan fingerprint density at radius 1 is 1.30 bits per heavy atom. The summed E-state index contributed by atoms with van der Waals surface area (Å²) in [6.45, 7) is 1.02. The molecule has 4 aliphatic rings. The Bertz CT molecular complexity index is 627. The van der Waals surface area contributed by atoms with Crippen molar-refractivity contribution < 1.29 is 4.79 Å². The Labute approximate surface area is 142 Å². The first-order valence-corrected chi connectivity index (χ1v) is 10.2. The third-order valence-electron chi connectivity index (χ3n) is 7.01. The number of nitrogens with one attached hydrogen (secondary N) is 1. The number of likely N-dealkylation sites (N-methyl/N-ethyl adjacent to an activating group) is 1. The van der Waals surface area contributed by atoms with Crippen molar-refractivity contribution >= 4 is 17.2 Å². The summed E-state index contributed by atoms with van der Waals surface area (Å²) in [4.78, 5) is 17.0. The van der Waals surface area contributed by atoms with Crippen LogP contribution in [0.1, 0.15) is 60.9 Å². The molecule has 4 heteroatoms. The number of thiophene rings is 1. The van der Waals surface area contributed by atoms with Gasteiger partial charge in [-0.25, -0.2) is 0 Å². The van der Waals surface area contributed by atoms with E-state index in [1.807, 2.05) is 7.05 Å². The van der Waals surface area contributed by atoms with Crippen molar-refractivity contribution in [2.45, 2.75) is 56.5 Å². The van der Waals surface area contributed by atoms with E-state index in [4.69, 9.17) is 0 Å². The molecule has 6 atom stereocenters. The summed E-state index contributed by atoms with van der Waals surface area (Å²) >= 11 is 1.77. The van der Waals surface area contributed by atoms with Crippen LogP contribution in [0.3, 0.4) is 0 Å². The van der Waals surface area contributed by atoms with Gasteiger partial charge >= 0.3 is 0 Å². The van der Waals surface area contributed by atoms with Gasteiger partial charge in [0.1, 0.15) is 6.04 Å². The lowest BCUT2D eigenvalue weighted by Crippen LogP contribution is -2.46. The van der Waals surface area contributed by atoms with Crippen LogP contribution in [0.25, 0.3) is 0 Å². The van der Waals surface area contributed by atoms with Gasteiger partial charge in [-0.3, -0.25) is 4.79 Å². The van der Waals surface area contributed by atoms with Crippen molar-refractivity contribution in [2.75, 3.05) is 13.6 Å². The highest BCUT2D eigenvalue weighted by Gasteiger charge is 2.51. The van der Waals surface area contributed by atoms with Crippen LogP contribution in [0, 0.1) is 17.8 Å². The molecule has 124 valence electrons. The smallest absolute Gasteiger partial charge is 0.245 e. The van der Waals surface area contributed by atoms with E-state index in [1.54, 1.807) is 11.3 Å². The minimum absolute atomic E-state index is 0.119. The lowest BCUT2D eigenvalue weighted by atomic mass is 9.93. The van der Waals surface area contributed by atoms with Gasteiger partial charge in [-0.1, -0.05) is 6.42 Å². The third-order valence-corrected chi connectivity index (χ3v) is 8.01. The van der Waals surface area contributed by atoms with Crippen LogP contribution in [0.15, 0.2) is 11.4 Å². The van der Waals surface area contributed by atoms with Crippen LogP contribution in [0.4, 0.5) is 0 Å². The maximum Gasteiger partial charge on any atom is 0.245 e. The highest BCUT2D eigenvalue weighted by Crippen LogP contribution is 2.56. The zero-order chi connectivity index (χ0) is 15.6. The van der Waals surface area contributed by atoms with Gasteiger partial charge in [0.15, 0.2) is 0 Å². The summed E-state index contributed by atoms with van der Waals surface area (Å²) in [5.74, 6) is 3.64. The number of carbonyl (C=O) groups is 1. The fraction of sp³-hybridized carbons (Fsp3) is 0.737. The first-order chi connectivity index (χ1) is 11.3. The molecule has 0 radical (unpaired) electrons. The number of rotatable bonds is 3. The maximum absolute atomic E-state index is 13.4. The van der Waals surface area contributed by atoms with Crippen LogP contribution in [0.5, 0.6) is 0 Å². The Hall–Kier alpha value is -0.870. The topological polar surface area (TPSA) is 32.3 Å². The molecule has 5 rings (SSSR count). The van der Waals surface area contributed by atoms with Crippen LogP contribution in [-0.2, 0) is 4.79 Å². The molecular weight excluding hydrogens is 304 g/mol. The molecule has 1 N–H and O–H groups in total. The molecule has 6 unspecified atom stereocenters. The fourth-order valence-corrected chi connectivity index (χ4v) is 6.84. The fourth-order valence-electron chi connectivity index (χ4n) is 5.77. The highest BCUT2D eigenvalue weighted by atomic mass is 32.1. The highest BCUT2D eigenvalue weighted by molar-refractivity contribution is 7.10. The zero-order valence-electron chi connectivity index (χ0n) is 13.8. The number of nitrogens with zero attached hydrogens (tertiary/aromatic N) is 1. The first kappa shape index (κ1) is 14.5. The second-order valence-corrected chi connectivity index (χ2v) is 9.00. The Kier molecular flexibility index (Phi) is 3.35. The van der Waals surface area contributed by atoms with Crippen molar-refractivity contribution in [3.8, 4) is 0 Å². The summed E-state index contributed by atoms with van der Waals surface area (Å²) in [5, 5.41) is 5.50. The van der Waals surface area contributed by atoms with E-state index in [0.29, 0.717) is 17.9 Å². The number of fused-ring (bicyclic) bond motifs is 4. The van der Waals surface area contributed by atoms with Crippen LogP contribution >= 0.6 is 11.3 Å². The molecular formula is C19H26N2OS. The van der Waals surface area contributed by atoms with Gasteiger partial charge < -0.3 is 10.2 Å². The van der Waals surface area contributed by atoms with E-state index in [1.165, 1.54) is 49.0 Å². The Morgan fingerprint density at radius 2 is 2.22 bits per heavy atom. The summed E-state index contributed by atoms with van der Waals surface area (Å²) in [6.07, 6.45) is 7.92. The predicted octanol–water partition coefficient (Wildman–Crippen LogP) is 3.53. The van der Waals surface area contributed by atoms with E-state index < -0.39 is 0 Å². The summed E-state index contributed by atoms with van der Waals surface area (Å²) in [5.41, 5.74) is 1.46. The standard InChI is InChI=1S/C19H26N2OS/c1-20-17-18-14(7-8-23-18)13-3-2-4-16(13)21(19(17)22)10-12-6-5-11-9-15(11)12/h7-8,11-13,15-17,20H,2-6,9-10H2,1H3. The predicted molar refractivity (Wildman–Crippen MR) is 92.5 cm³/mol. The lowest BCUT2D eigenvalue weighted by molar-refractivity contribution is -0.136. The quantitative estimate of drug-likeness (QED) is 0.919. The van der Waals surface area contributed by atoms with E-state index in [2.05, 4.69) is 21.7 Å². The van der Waals surface area contributed by atoms with Crippen LogP contribution in [0.2, 0.25) is 0 Å². The van der Waals surface area contributed by atoms with Gasteiger partial charge in [-0.15, -0.1) is 11.3 Å². The molecule has 1 aliphatic heterocycles. The number of amides is 1. The van der Waals surface area contributed by atoms with E-state index >= 15 is 0 Å². The number of hydrogen-bond donors (Lipinski definition) is 1. The Morgan fingerprint density at radius 3 is 2.96 bits per heavy atom. The molecule has 3 fully saturated rings. The number of carbonyl (C=O) groups excluding carboxylic acids is 1. The molecule has 1 amide bonds. The monoisotopic (exact) mass is 330 g/mol. The zero-order valence-corrected chi connectivity index (χ0v) is 14.6. The van der Waals surface area contributed by atoms with Crippen LogP contribution in [-0.4, -0.2) is 30.4 Å². The molecule has 1 aromatic rings. The Balaban J connectivity index is 1.49. The molecule has 0 saturated heterocycles. The van der Waals surface area contributed by atoms with Crippen molar-refractivity contribution in [1.29, 1.82) is 0 Å². The normalized spacial score (nSPS) is 41.4. The minimum atomic E-state index is -0.119. The van der Waals surface area contributed by atoms with E-state index in [0.717, 1.165) is 24.3 Å². The molecule has 3 aliphatic carbocycles. The molecule has 1 aromatic heterocycles. The average molecular weight is 330 g/mol. The lowest BCUT2D eigenvalue weighted by Gasteiger charge is -2.34. The molecule has 23 heavy (non-hydrogen) atoms. The summed E-state index contributed by atoms with van der Waals surface area (Å²) < 4.78 is 0.